The Labute approximate surface area is 99.9 Å². The number of pyridine rings is 1. The van der Waals surface area contributed by atoms with Crippen molar-refractivity contribution in [1.82, 2.24) is 4.98 Å². The minimum Gasteiger partial charge on any atom is -0.396 e. The van der Waals surface area contributed by atoms with Gasteiger partial charge < -0.3 is 21.7 Å². The molecule has 16 heavy (non-hydrogen) atoms. The second-order valence-corrected chi connectivity index (χ2v) is 4.11. The first-order valence-electron chi connectivity index (χ1n) is 4.96. The van der Waals surface area contributed by atoms with Crippen LogP contribution in [0.15, 0.2) is 6.20 Å². The number of nitrogens with two attached hydrogens (primary N) is 2. The highest BCUT2D eigenvalue weighted by Gasteiger charge is 2.21. The summed E-state index contributed by atoms with van der Waals surface area (Å²) < 4.78 is 0. The molecule has 6 N–H and O–H groups in total. The maximum Gasteiger partial charge on any atom is 0.146 e. The molecule has 2 atom stereocenters. The van der Waals surface area contributed by atoms with Gasteiger partial charge in [-0.25, -0.2) is 4.98 Å². The van der Waals surface area contributed by atoms with Crippen LogP contribution in [0.2, 0.25) is 0 Å². The van der Waals surface area contributed by atoms with Crippen LogP contribution in [0.4, 0.5) is 11.5 Å². The summed E-state index contributed by atoms with van der Waals surface area (Å²) in [6.07, 6.45) is -0.0508. The van der Waals surface area contributed by atoms with Gasteiger partial charge in [-0.2, -0.15) is 12.6 Å². The summed E-state index contributed by atoms with van der Waals surface area (Å²) in [6.45, 7) is 1.74. The fourth-order valence-electron chi connectivity index (χ4n) is 1.45. The van der Waals surface area contributed by atoms with E-state index in [0.29, 0.717) is 29.0 Å². The van der Waals surface area contributed by atoms with Gasteiger partial charge in [-0.05, 0) is 24.7 Å². The Kier molecular flexibility index (Phi) is 4.40. The van der Waals surface area contributed by atoms with E-state index in [0.717, 1.165) is 0 Å². The van der Waals surface area contributed by atoms with E-state index in [1.54, 1.807) is 6.92 Å². The van der Waals surface area contributed by atoms with Crippen LogP contribution in [0.1, 0.15) is 23.7 Å². The van der Waals surface area contributed by atoms with Crippen molar-refractivity contribution in [3.05, 3.63) is 17.3 Å². The molecule has 0 aliphatic carbocycles. The zero-order valence-electron chi connectivity index (χ0n) is 9.09. The Morgan fingerprint density at radius 3 is 2.62 bits per heavy atom. The number of anilines is 2. The van der Waals surface area contributed by atoms with Gasteiger partial charge >= 0.3 is 0 Å². The third-order valence-corrected chi connectivity index (χ3v) is 2.82. The van der Waals surface area contributed by atoms with Crippen LogP contribution in [-0.2, 0) is 0 Å². The lowest BCUT2D eigenvalue weighted by atomic mass is 9.99. The lowest BCUT2D eigenvalue weighted by Gasteiger charge is -2.20. The molecule has 0 spiro atoms. The van der Waals surface area contributed by atoms with Gasteiger partial charge in [0.2, 0.25) is 0 Å². The Morgan fingerprint density at radius 2 is 2.06 bits per heavy atom. The highest BCUT2D eigenvalue weighted by atomic mass is 32.1. The third kappa shape index (κ3) is 2.58. The quantitative estimate of drug-likeness (QED) is 0.488. The lowest BCUT2D eigenvalue weighted by molar-refractivity contribution is 0.0167. The molecular weight excluding hydrogens is 226 g/mol. The molecule has 90 valence electrons. The summed E-state index contributed by atoms with van der Waals surface area (Å²) in [5.41, 5.74) is 12.7. The van der Waals surface area contributed by atoms with E-state index in [1.807, 2.05) is 0 Å². The van der Waals surface area contributed by atoms with Crippen LogP contribution >= 0.6 is 12.6 Å². The first-order valence-corrected chi connectivity index (χ1v) is 5.59. The second-order valence-electron chi connectivity index (χ2n) is 3.66. The molecule has 0 radical (unpaired) electrons. The number of hydrogen-bond donors (Lipinski definition) is 5. The van der Waals surface area contributed by atoms with Crippen molar-refractivity contribution in [3.63, 3.8) is 0 Å². The first-order chi connectivity index (χ1) is 7.49. The number of hydrogen-bond acceptors (Lipinski definition) is 6. The van der Waals surface area contributed by atoms with Crippen molar-refractivity contribution in [3.8, 4) is 0 Å². The molecule has 0 amide bonds. The predicted octanol–water partition coefficient (Wildman–Crippen LogP) is 0.269. The van der Waals surface area contributed by atoms with Gasteiger partial charge in [-0.1, -0.05) is 0 Å². The molecule has 0 bridgehead atoms. The third-order valence-electron chi connectivity index (χ3n) is 2.56. The fourth-order valence-corrected chi connectivity index (χ4v) is 1.71. The monoisotopic (exact) mass is 243 g/mol. The van der Waals surface area contributed by atoms with Crippen molar-refractivity contribution in [2.75, 3.05) is 17.2 Å². The summed E-state index contributed by atoms with van der Waals surface area (Å²) in [4.78, 5) is 3.87. The van der Waals surface area contributed by atoms with Crippen molar-refractivity contribution in [2.24, 2.45) is 0 Å². The standard InChI is InChI=1S/C10H17N3O2S/c1-5-6(4-13-10(12)8(5)11)9(15)7(14)2-3-16/h4,7,9,14-16H,2-3,11H2,1H3,(H2,12,13). The Hall–Kier alpha value is -0.980. The topological polar surface area (TPSA) is 105 Å². The number of nitrogen functional groups attached to an aromatic ring is 2. The van der Waals surface area contributed by atoms with Crippen LogP contribution in [0, 0.1) is 6.92 Å². The minimum absolute atomic E-state index is 0.233. The molecular formula is C10H17N3O2S. The van der Waals surface area contributed by atoms with Crippen molar-refractivity contribution in [2.45, 2.75) is 25.6 Å². The normalized spacial score (nSPS) is 14.8. The Balaban J connectivity index is 3.00. The van der Waals surface area contributed by atoms with E-state index in [4.69, 9.17) is 11.5 Å². The zero-order chi connectivity index (χ0) is 12.3. The van der Waals surface area contributed by atoms with Gasteiger partial charge in [0.05, 0.1) is 11.8 Å². The zero-order valence-corrected chi connectivity index (χ0v) is 9.98. The highest BCUT2D eigenvalue weighted by molar-refractivity contribution is 7.80. The molecule has 1 rings (SSSR count). The van der Waals surface area contributed by atoms with Crippen LogP contribution in [-0.4, -0.2) is 27.1 Å². The summed E-state index contributed by atoms with van der Waals surface area (Å²) in [6, 6.07) is 0. The van der Waals surface area contributed by atoms with Gasteiger partial charge in [0.1, 0.15) is 11.9 Å². The number of rotatable bonds is 4. The Bertz CT molecular complexity index is 373. The van der Waals surface area contributed by atoms with Gasteiger partial charge in [0, 0.05) is 11.8 Å². The van der Waals surface area contributed by atoms with Crippen molar-refractivity contribution in [1.29, 1.82) is 0 Å². The molecule has 1 heterocycles. The first kappa shape index (κ1) is 13.1. The molecule has 0 saturated carbocycles. The highest BCUT2D eigenvalue weighted by Crippen LogP contribution is 2.27. The van der Waals surface area contributed by atoms with Crippen LogP contribution in [0.25, 0.3) is 0 Å². The fraction of sp³-hybridized carbons (Fsp3) is 0.500. The number of thiol groups is 1. The number of aliphatic hydroxyl groups excluding tert-OH is 2. The number of nitrogens with zero attached hydrogens (tertiary/aromatic N) is 1. The van der Waals surface area contributed by atoms with Crippen LogP contribution in [0.5, 0.6) is 0 Å². The molecule has 0 aliphatic heterocycles. The van der Waals surface area contributed by atoms with Crippen molar-refractivity contribution < 1.29 is 10.2 Å². The largest absolute Gasteiger partial charge is 0.396 e. The lowest BCUT2D eigenvalue weighted by Crippen LogP contribution is -2.20. The summed E-state index contributed by atoms with van der Waals surface area (Å²) in [7, 11) is 0. The smallest absolute Gasteiger partial charge is 0.146 e. The molecule has 2 unspecified atom stereocenters. The van der Waals surface area contributed by atoms with Gasteiger partial charge in [-0.3, -0.25) is 0 Å². The molecule has 1 aromatic rings. The van der Waals surface area contributed by atoms with Crippen LogP contribution in [0.3, 0.4) is 0 Å². The minimum atomic E-state index is -1.01. The maximum atomic E-state index is 9.90. The summed E-state index contributed by atoms with van der Waals surface area (Å²) in [5, 5.41) is 19.6. The van der Waals surface area contributed by atoms with Gasteiger partial charge in [0.15, 0.2) is 0 Å². The summed E-state index contributed by atoms with van der Waals surface area (Å²) in [5.74, 6) is 0.729. The van der Waals surface area contributed by atoms with E-state index >= 15 is 0 Å². The maximum absolute atomic E-state index is 9.90. The predicted molar refractivity (Wildman–Crippen MR) is 67.2 cm³/mol. The molecule has 0 fully saturated rings. The summed E-state index contributed by atoms with van der Waals surface area (Å²) >= 11 is 4.00. The van der Waals surface area contributed by atoms with Crippen molar-refractivity contribution >= 4 is 24.1 Å². The van der Waals surface area contributed by atoms with E-state index in [1.165, 1.54) is 6.20 Å². The van der Waals surface area contributed by atoms with Crippen LogP contribution < -0.4 is 11.5 Å². The number of aromatic nitrogens is 1. The molecule has 0 aliphatic rings. The van der Waals surface area contributed by atoms with E-state index < -0.39 is 12.2 Å². The number of aliphatic hydroxyl groups is 2. The van der Waals surface area contributed by atoms with E-state index in [2.05, 4.69) is 17.6 Å². The average Bonchev–Trinajstić information content (AvgIpc) is 2.26. The molecule has 6 heteroatoms. The second kappa shape index (κ2) is 5.38. The van der Waals surface area contributed by atoms with E-state index in [9.17, 15) is 10.2 Å². The SMILES string of the molecule is Cc1c(C(O)C(O)CCS)cnc(N)c1N. The van der Waals surface area contributed by atoms with E-state index in [-0.39, 0.29) is 5.82 Å². The Morgan fingerprint density at radius 1 is 1.44 bits per heavy atom. The molecule has 5 nitrogen and oxygen atoms in total. The van der Waals surface area contributed by atoms with Gasteiger partial charge in [-0.15, -0.1) is 0 Å². The molecule has 1 aromatic heterocycles. The van der Waals surface area contributed by atoms with Gasteiger partial charge in [0.25, 0.3) is 0 Å². The molecule has 0 saturated heterocycles. The average molecular weight is 243 g/mol. The molecule has 0 aromatic carbocycles.